The molecule has 0 saturated carbocycles. The summed E-state index contributed by atoms with van der Waals surface area (Å²) in [5.74, 6) is 0. The van der Waals surface area contributed by atoms with Crippen molar-refractivity contribution in [3.05, 3.63) is 23.3 Å². The van der Waals surface area contributed by atoms with E-state index in [2.05, 4.69) is 0 Å². The molecule has 1 aliphatic rings. The van der Waals surface area contributed by atoms with Gasteiger partial charge in [0, 0.05) is 5.70 Å². The van der Waals surface area contributed by atoms with Gasteiger partial charge in [0.2, 0.25) is 0 Å². The zero-order valence-corrected chi connectivity index (χ0v) is 5.19. The van der Waals surface area contributed by atoms with E-state index >= 15 is 0 Å². The van der Waals surface area contributed by atoms with Crippen molar-refractivity contribution >= 4 is 11.8 Å². The van der Waals surface area contributed by atoms with Gasteiger partial charge in [-0.25, -0.2) is 0 Å². The third-order valence-electron chi connectivity index (χ3n) is 0.921. The summed E-state index contributed by atoms with van der Waals surface area (Å²) in [4.78, 5) is 0. The first kappa shape index (κ1) is 5.72. The zero-order chi connectivity index (χ0) is 5.98. The number of nitrogens with two attached hydrogens (primary N) is 2. The summed E-state index contributed by atoms with van der Waals surface area (Å²) >= 11 is 1.53. The van der Waals surface area contributed by atoms with Crippen LogP contribution in [0.1, 0.15) is 0 Å². The van der Waals surface area contributed by atoms with Crippen LogP contribution in [0.3, 0.4) is 0 Å². The van der Waals surface area contributed by atoms with E-state index in [0.717, 1.165) is 5.70 Å². The largest absolute Gasteiger partial charge is 0.400 e. The van der Waals surface area contributed by atoms with Gasteiger partial charge in [-0.05, 0) is 11.5 Å². The summed E-state index contributed by atoms with van der Waals surface area (Å²) in [5, 5.41) is 1.90. The van der Waals surface area contributed by atoms with Crippen LogP contribution in [0.4, 0.5) is 0 Å². The molecule has 0 saturated heterocycles. The smallest absolute Gasteiger partial charge is 0.0950 e. The molecule has 1 atom stereocenters. The van der Waals surface area contributed by atoms with Gasteiger partial charge in [-0.15, -0.1) is 11.8 Å². The summed E-state index contributed by atoms with van der Waals surface area (Å²) < 4.78 is 0. The van der Waals surface area contributed by atoms with Crippen molar-refractivity contribution in [2.75, 3.05) is 0 Å². The molecule has 0 fully saturated rings. The maximum atomic E-state index is 5.50. The number of hydrogen-bond donors (Lipinski definition) is 2. The van der Waals surface area contributed by atoms with Crippen molar-refractivity contribution in [1.82, 2.24) is 0 Å². The monoisotopic (exact) mass is 128 g/mol. The molecule has 1 rings (SSSR count). The van der Waals surface area contributed by atoms with E-state index in [9.17, 15) is 0 Å². The van der Waals surface area contributed by atoms with E-state index in [1.165, 1.54) is 11.8 Å². The molecular formula is C5H8N2S. The third-order valence-corrected chi connectivity index (χ3v) is 1.80. The molecule has 1 aliphatic heterocycles. The van der Waals surface area contributed by atoms with Crippen LogP contribution in [0.5, 0.6) is 0 Å². The quantitative estimate of drug-likeness (QED) is 0.495. The molecule has 0 aromatic heterocycles. The van der Waals surface area contributed by atoms with E-state index in [4.69, 9.17) is 11.5 Å². The Morgan fingerprint density at radius 3 is 2.75 bits per heavy atom. The summed E-state index contributed by atoms with van der Waals surface area (Å²) in [5.41, 5.74) is 11.7. The Balaban J connectivity index is 2.66. The van der Waals surface area contributed by atoms with Gasteiger partial charge in [-0.1, -0.05) is 6.08 Å². The van der Waals surface area contributed by atoms with Crippen LogP contribution in [0.2, 0.25) is 0 Å². The van der Waals surface area contributed by atoms with Crippen LogP contribution >= 0.6 is 11.8 Å². The molecule has 1 unspecified atom stereocenters. The van der Waals surface area contributed by atoms with Crippen molar-refractivity contribution in [1.29, 1.82) is 0 Å². The Bertz CT molecular complexity index is 139. The number of hydrogen-bond acceptors (Lipinski definition) is 3. The average Bonchev–Trinajstić information content (AvgIpc) is 1.77. The van der Waals surface area contributed by atoms with Crippen LogP contribution in [0, 0.1) is 0 Å². The number of thioether (sulfide) groups is 1. The summed E-state index contributed by atoms with van der Waals surface area (Å²) in [6.07, 6.45) is 3.71. The second kappa shape index (κ2) is 2.24. The highest BCUT2D eigenvalue weighted by Gasteiger charge is 2.04. The minimum Gasteiger partial charge on any atom is -0.400 e. The molecule has 2 nitrogen and oxygen atoms in total. The SMILES string of the molecule is NC1=CC=CSC1N. The predicted octanol–water partition coefficient (Wildman–Crippen LogP) is 0.374. The molecule has 0 aromatic carbocycles. The fourth-order valence-electron chi connectivity index (χ4n) is 0.454. The van der Waals surface area contributed by atoms with Crippen molar-refractivity contribution in [3.63, 3.8) is 0 Å². The molecule has 1 heterocycles. The van der Waals surface area contributed by atoms with Gasteiger partial charge in [0.1, 0.15) is 0 Å². The van der Waals surface area contributed by atoms with Gasteiger partial charge in [-0.3, -0.25) is 0 Å². The van der Waals surface area contributed by atoms with Crippen molar-refractivity contribution < 1.29 is 0 Å². The Morgan fingerprint density at radius 2 is 2.38 bits per heavy atom. The molecule has 0 bridgehead atoms. The Hall–Kier alpha value is -0.410. The molecule has 0 spiro atoms. The first-order valence-corrected chi connectivity index (χ1v) is 3.28. The van der Waals surface area contributed by atoms with E-state index in [0.29, 0.717) is 0 Å². The van der Waals surface area contributed by atoms with Crippen LogP contribution in [0.15, 0.2) is 23.3 Å². The Morgan fingerprint density at radius 1 is 1.62 bits per heavy atom. The molecule has 3 heteroatoms. The number of allylic oxidation sites excluding steroid dienone is 2. The minimum atomic E-state index is -0.0278. The number of rotatable bonds is 0. The van der Waals surface area contributed by atoms with Crippen molar-refractivity contribution in [2.24, 2.45) is 11.5 Å². The van der Waals surface area contributed by atoms with Crippen LogP contribution in [-0.2, 0) is 0 Å². The average molecular weight is 128 g/mol. The van der Waals surface area contributed by atoms with Gasteiger partial charge < -0.3 is 11.5 Å². The van der Waals surface area contributed by atoms with Gasteiger partial charge in [0.25, 0.3) is 0 Å². The van der Waals surface area contributed by atoms with Gasteiger partial charge in [0.05, 0.1) is 5.37 Å². The van der Waals surface area contributed by atoms with E-state index < -0.39 is 0 Å². The summed E-state index contributed by atoms with van der Waals surface area (Å²) in [6.45, 7) is 0. The lowest BCUT2D eigenvalue weighted by atomic mass is 10.4. The second-order valence-corrected chi connectivity index (χ2v) is 2.60. The maximum absolute atomic E-state index is 5.50. The lowest BCUT2D eigenvalue weighted by molar-refractivity contribution is 1.04. The molecule has 0 aromatic rings. The first-order chi connectivity index (χ1) is 3.80. The summed E-state index contributed by atoms with van der Waals surface area (Å²) in [6, 6.07) is 0. The van der Waals surface area contributed by atoms with E-state index in [1.807, 2.05) is 17.6 Å². The fraction of sp³-hybridized carbons (Fsp3) is 0.200. The minimum absolute atomic E-state index is 0.0278. The highest BCUT2D eigenvalue weighted by Crippen LogP contribution is 2.16. The molecule has 4 N–H and O–H groups in total. The molecule has 8 heavy (non-hydrogen) atoms. The first-order valence-electron chi connectivity index (χ1n) is 2.34. The highest BCUT2D eigenvalue weighted by atomic mass is 32.2. The summed E-state index contributed by atoms with van der Waals surface area (Å²) in [7, 11) is 0. The van der Waals surface area contributed by atoms with Gasteiger partial charge in [0.15, 0.2) is 0 Å². The van der Waals surface area contributed by atoms with Crippen molar-refractivity contribution in [2.45, 2.75) is 5.37 Å². The van der Waals surface area contributed by atoms with Crippen molar-refractivity contribution in [3.8, 4) is 0 Å². The highest BCUT2D eigenvalue weighted by molar-refractivity contribution is 8.02. The fourth-order valence-corrected chi connectivity index (χ4v) is 1.03. The predicted molar refractivity (Wildman–Crippen MR) is 37.0 cm³/mol. The van der Waals surface area contributed by atoms with E-state index in [1.54, 1.807) is 0 Å². The molecule has 44 valence electrons. The van der Waals surface area contributed by atoms with E-state index in [-0.39, 0.29) is 5.37 Å². The zero-order valence-electron chi connectivity index (χ0n) is 4.37. The molecule has 0 amide bonds. The maximum Gasteiger partial charge on any atom is 0.0950 e. The van der Waals surface area contributed by atoms with Crippen LogP contribution in [0.25, 0.3) is 0 Å². The lowest BCUT2D eigenvalue weighted by Gasteiger charge is -2.10. The Labute approximate surface area is 52.6 Å². The molecule has 0 aliphatic carbocycles. The van der Waals surface area contributed by atoms with Crippen LogP contribution < -0.4 is 11.5 Å². The van der Waals surface area contributed by atoms with Crippen LogP contribution in [-0.4, -0.2) is 5.37 Å². The lowest BCUT2D eigenvalue weighted by Crippen LogP contribution is -2.23. The topological polar surface area (TPSA) is 52.0 Å². The van der Waals surface area contributed by atoms with Gasteiger partial charge in [-0.2, -0.15) is 0 Å². The standard InChI is InChI=1S/C5H8N2S/c6-4-2-1-3-8-5(4)7/h1-3,5H,6-7H2. The normalized spacial score (nSPS) is 27.6. The second-order valence-electron chi connectivity index (χ2n) is 1.55. The molecular weight excluding hydrogens is 120 g/mol. The van der Waals surface area contributed by atoms with Gasteiger partial charge >= 0.3 is 0 Å². The molecule has 0 radical (unpaired) electrons. The third kappa shape index (κ3) is 1.05. The Kier molecular flexibility index (Phi) is 1.60.